The Morgan fingerprint density at radius 3 is 2.85 bits per heavy atom. The Kier molecular flexibility index (Phi) is 3.40. The quantitative estimate of drug-likeness (QED) is 0.669. The van der Waals surface area contributed by atoms with Crippen molar-refractivity contribution >= 4 is 27.4 Å². The van der Waals surface area contributed by atoms with Crippen LogP contribution in [0.3, 0.4) is 0 Å². The molecule has 2 aromatic rings. The number of hydrogen-bond acceptors (Lipinski definition) is 6. The van der Waals surface area contributed by atoms with Gasteiger partial charge in [0, 0.05) is 12.0 Å². The highest BCUT2D eigenvalue weighted by molar-refractivity contribution is 7.19. The van der Waals surface area contributed by atoms with E-state index in [1.54, 1.807) is 18.4 Å². The third kappa shape index (κ3) is 1.90. The molecule has 3 rings (SSSR count). The predicted octanol–water partition coefficient (Wildman–Crippen LogP) is 2.74. The summed E-state index contributed by atoms with van der Waals surface area (Å²) in [6.45, 7) is 4.08. The summed E-state index contributed by atoms with van der Waals surface area (Å²) in [6.07, 6.45) is 4.27. The summed E-state index contributed by atoms with van der Waals surface area (Å²) in [7, 11) is 1.70. The monoisotopic (exact) mass is 292 g/mol. The lowest BCUT2D eigenvalue weighted by molar-refractivity contribution is -0.00855. The van der Waals surface area contributed by atoms with Crippen LogP contribution in [0, 0.1) is 0 Å². The second-order valence-corrected chi connectivity index (χ2v) is 6.45. The first-order valence-corrected chi connectivity index (χ1v) is 7.79. The lowest BCUT2D eigenvalue weighted by Crippen LogP contribution is -2.27. The number of methoxy groups -OCH3 is 1. The number of hydrazine groups is 1. The van der Waals surface area contributed by atoms with Crippen LogP contribution in [0.15, 0.2) is 0 Å². The second-order valence-electron chi connectivity index (χ2n) is 5.37. The maximum Gasteiger partial charge on any atom is 0.163 e. The number of anilines is 1. The molecule has 1 unspecified atom stereocenters. The van der Waals surface area contributed by atoms with Gasteiger partial charge in [-0.2, -0.15) is 0 Å². The molecule has 0 bridgehead atoms. The molecule has 1 aliphatic carbocycles. The summed E-state index contributed by atoms with van der Waals surface area (Å²) in [5.41, 5.74) is 3.64. The molecule has 0 radical (unpaired) electrons. The first-order chi connectivity index (χ1) is 9.62. The third-order valence-electron chi connectivity index (χ3n) is 4.30. The Balaban J connectivity index is 2.23. The fourth-order valence-electron chi connectivity index (χ4n) is 2.73. The predicted molar refractivity (Wildman–Crippen MR) is 81.9 cm³/mol. The van der Waals surface area contributed by atoms with Crippen LogP contribution in [0.5, 0.6) is 0 Å². The van der Waals surface area contributed by atoms with Gasteiger partial charge in [-0.05, 0) is 38.2 Å². The molecule has 6 heteroatoms. The van der Waals surface area contributed by atoms with Crippen molar-refractivity contribution in [2.75, 3.05) is 12.5 Å². The minimum atomic E-state index is -0.478. The minimum Gasteiger partial charge on any atom is -0.371 e. The Morgan fingerprint density at radius 2 is 2.20 bits per heavy atom. The van der Waals surface area contributed by atoms with Gasteiger partial charge in [-0.1, -0.05) is 6.92 Å². The Labute approximate surface area is 122 Å². The molecular weight excluding hydrogens is 272 g/mol. The van der Waals surface area contributed by atoms with Gasteiger partial charge in [-0.15, -0.1) is 11.3 Å². The Bertz CT molecular complexity index is 648. The zero-order chi connectivity index (χ0) is 14.3. The van der Waals surface area contributed by atoms with E-state index in [0.717, 1.165) is 35.3 Å². The van der Waals surface area contributed by atoms with Crippen molar-refractivity contribution in [3.8, 4) is 0 Å². The van der Waals surface area contributed by atoms with Crippen molar-refractivity contribution in [1.82, 2.24) is 9.97 Å². The van der Waals surface area contributed by atoms with Crippen molar-refractivity contribution in [3.63, 3.8) is 0 Å². The molecule has 2 heterocycles. The molecule has 0 amide bonds. The highest BCUT2D eigenvalue weighted by Gasteiger charge is 2.30. The number of fused-ring (bicyclic) bond motifs is 3. The molecule has 0 saturated carbocycles. The molecule has 20 heavy (non-hydrogen) atoms. The molecule has 108 valence electrons. The van der Waals surface area contributed by atoms with E-state index in [1.165, 1.54) is 16.9 Å². The average molecular weight is 292 g/mol. The van der Waals surface area contributed by atoms with Crippen molar-refractivity contribution in [3.05, 3.63) is 16.3 Å². The van der Waals surface area contributed by atoms with E-state index in [-0.39, 0.29) is 0 Å². The minimum absolute atomic E-state index is 0.478. The fourth-order valence-corrected chi connectivity index (χ4v) is 3.99. The maximum atomic E-state index is 5.69. The number of thiophene rings is 1. The zero-order valence-corrected chi connectivity index (χ0v) is 12.9. The number of nitrogen functional groups attached to an aromatic ring is 1. The van der Waals surface area contributed by atoms with Gasteiger partial charge >= 0.3 is 0 Å². The van der Waals surface area contributed by atoms with Gasteiger partial charge in [-0.25, -0.2) is 15.8 Å². The van der Waals surface area contributed by atoms with E-state index in [4.69, 9.17) is 15.6 Å². The first-order valence-electron chi connectivity index (χ1n) is 6.97. The summed E-state index contributed by atoms with van der Waals surface area (Å²) in [5.74, 6) is 7.11. The summed E-state index contributed by atoms with van der Waals surface area (Å²) in [6, 6.07) is 0. The molecular formula is C14H20N4OS. The van der Waals surface area contributed by atoms with E-state index in [9.17, 15) is 0 Å². The molecule has 0 saturated heterocycles. The zero-order valence-electron chi connectivity index (χ0n) is 12.1. The van der Waals surface area contributed by atoms with Gasteiger partial charge in [0.25, 0.3) is 0 Å². The van der Waals surface area contributed by atoms with Gasteiger partial charge in [0.15, 0.2) is 11.6 Å². The third-order valence-corrected chi connectivity index (χ3v) is 5.49. The number of nitrogens with zero attached hydrogens (tertiary/aromatic N) is 2. The SMILES string of the molecule is CCC(C)(OC)c1nc(NN)c2c3c(sc2n1)CCC3. The van der Waals surface area contributed by atoms with E-state index in [1.807, 2.05) is 6.92 Å². The van der Waals surface area contributed by atoms with Gasteiger partial charge in [0.2, 0.25) is 0 Å². The first kappa shape index (κ1) is 13.7. The number of aryl methyl sites for hydroxylation is 2. The Morgan fingerprint density at radius 1 is 1.40 bits per heavy atom. The smallest absolute Gasteiger partial charge is 0.163 e. The van der Waals surface area contributed by atoms with Crippen LogP contribution in [0.2, 0.25) is 0 Å². The van der Waals surface area contributed by atoms with Crippen molar-refractivity contribution < 1.29 is 4.74 Å². The fraction of sp³-hybridized carbons (Fsp3) is 0.571. The van der Waals surface area contributed by atoms with Crippen LogP contribution in [0.25, 0.3) is 10.2 Å². The van der Waals surface area contributed by atoms with E-state index >= 15 is 0 Å². The Hall–Kier alpha value is -1.24. The molecule has 2 aromatic heterocycles. The lowest BCUT2D eigenvalue weighted by atomic mass is 10.0. The molecule has 3 N–H and O–H groups in total. The molecule has 0 aliphatic heterocycles. The molecule has 1 aliphatic rings. The number of rotatable bonds is 4. The van der Waals surface area contributed by atoms with Crippen LogP contribution < -0.4 is 11.3 Å². The largest absolute Gasteiger partial charge is 0.371 e. The lowest BCUT2D eigenvalue weighted by Gasteiger charge is -2.25. The van der Waals surface area contributed by atoms with E-state index in [0.29, 0.717) is 5.82 Å². The van der Waals surface area contributed by atoms with Crippen LogP contribution in [0.1, 0.15) is 43.0 Å². The number of hydrogen-bond donors (Lipinski definition) is 2. The van der Waals surface area contributed by atoms with Gasteiger partial charge in [0.1, 0.15) is 10.4 Å². The molecule has 1 atom stereocenters. The van der Waals surface area contributed by atoms with Gasteiger partial charge in [-0.3, -0.25) is 0 Å². The molecule has 5 nitrogen and oxygen atoms in total. The molecule has 0 fully saturated rings. The number of nitrogens with one attached hydrogen (secondary N) is 1. The van der Waals surface area contributed by atoms with E-state index in [2.05, 4.69) is 17.3 Å². The second kappa shape index (κ2) is 4.95. The topological polar surface area (TPSA) is 73.1 Å². The van der Waals surface area contributed by atoms with Gasteiger partial charge in [0.05, 0.1) is 5.39 Å². The van der Waals surface area contributed by atoms with Crippen molar-refractivity contribution in [2.45, 2.75) is 45.1 Å². The summed E-state index contributed by atoms with van der Waals surface area (Å²) >= 11 is 1.76. The average Bonchev–Trinajstić information content (AvgIpc) is 3.05. The molecule has 0 aromatic carbocycles. The van der Waals surface area contributed by atoms with Crippen LogP contribution in [-0.4, -0.2) is 17.1 Å². The summed E-state index contributed by atoms with van der Waals surface area (Å²) in [4.78, 5) is 11.8. The number of ether oxygens (including phenoxy) is 1. The van der Waals surface area contributed by atoms with E-state index < -0.39 is 5.60 Å². The highest BCUT2D eigenvalue weighted by atomic mass is 32.1. The number of nitrogens with two attached hydrogens (primary N) is 1. The van der Waals surface area contributed by atoms with Crippen LogP contribution >= 0.6 is 11.3 Å². The van der Waals surface area contributed by atoms with Gasteiger partial charge < -0.3 is 10.2 Å². The van der Waals surface area contributed by atoms with Crippen LogP contribution in [0.4, 0.5) is 5.82 Å². The maximum absolute atomic E-state index is 5.69. The molecule has 0 spiro atoms. The van der Waals surface area contributed by atoms with Crippen molar-refractivity contribution in [2.24, 2.45) is 5.84 Å². The standard InChI is InChI=1S/C14H20N4OS/c1-4-14(2,19-3)13-16-11(18-15)10-8-6-5-7-9(8)20-12(10)17-13/h4-7,15H2,1-3H3,(H,16,17,18). The summed E-state index contributed by atoms with van der Waals surface area (Å²) in [5, 5.41) is 1.10. The summed E-state index contributed by atoms with van der Waals surface area (Å²) < 4.78 is 5.61. The highest BCUT2D eigenvalue weighted by Crippen LogP contribution is 2.40. The van der Waals surface area contributed by atoms with Crippen molar-refractivity contribution in [1.29, 1.82) is 0 Å². The normalized spacial score (nSPS) is 17.2. The van der Waals surface area contributed by atoms with Crippen LogP contribution in [-0.2, 0) is 23.2 Å². The number of aromatic nitrogens is 2.